The second-order valence-corrected chi connectivity index (χ2v) is 6.96. The smallest absolute Gasteiger partial charge is 0.341 e. The highest BCUT2D eigenvalue weighted by Crippen LogP contribution is 2.35. The van der Waals surface area contributed by atoms with Gasteiger partial charge in [0.2, 0.25) is 6.79 Å². The van der Waals surface area contributed by atoms with E-state index in [0.29, 0.717) is 17.1 Å². The monoisotopic (exact) mass is 427 g/mol. The van der Waals surface area contributed by atoms with Gasteiger partial charge in [-0.1, -0.05) is 12.1 Å². The van der Waals surface area contributed by atoms with Gasteiger partial charge in [0.05, 0.1) is 11.0 Å². The number of phenolic OH excluding ortho intramolecular Hbond substituents is 1. The van der Waals surface area contributed by atoms with Crippen molar-refractivity contribution in [3.63, 3.8) is 0 Å². The lowest BCUT2D eigenvalue weighted by atomic mass is 9.88. The number of fused-ring (bicyclic) bond motifs is 1. The molecule has 2 N–H and O–H groups in total. The lowest BCUT2D eigenvalue weighted by molar-refractivity contribution is -0.385. The van der Waals surface area contributed by atoms with E-state index >= 15 is 0 Å². The van der Waals surface area contributed by atoms with Crippen LogP contribution in [0.25, 0.3) is 0 Å². The molecule has 4 rings (SSSR count). The van der Waals surface area contributed by atoms with E-state index in [1.165, 1.54) is 13.0 Å². The summed E-state index contributed by atoms with van der Waals surface area (Å²) in [6.07, 6.45) is 0. The van der Waals surface area contributed by atoms with E-state index in [0.717, 1.165) is 12.1 Å². The van der Waals surface area contributed by atoms with Crippen LogP contribution in [0.5, 0.6) is 17.2 Å². The van der Waals surface area contributed by atoms with Crippen molar-refractivity contribution >= 4 is 23.4 Å². The molecule has 11 heteroatoms. The number of nitrogens with one attached hydrogen (secondary N) is 1. The molecule has 0 saturated heterocycles. The first-order chi connectivity index (χ1) is 14.8. The molecule has 2 amide bonds. The summed E-state index contributed by atoms with van der Waals surface area (Å²) in [6, 6.07) is 7.13. The average Bonchev–Trinajstić information content (AvgIpc) is 3.19. The van der Waals surface area contributed by atoms with Gasteiger partial charge in [0.1, 0.15) is 12.5 Å². The Balaban J connectivity index is 1.57. The molecule has 2 aromatic carbocycles. The highest BCUT2D eigenvalue weighted by Gasteiger charge is 2.39. The van der Waals surface area contributed by atoms with E-state index in [-0.39, 0.29) is 24.7 Å². The van der Waals surface area contributed by atoms with Crippen LogP contribution in [-0.4, -0.2) is 34.5 Å². The summed E-state index contributed by atoms with van der Waals surface area (Å²) in [6.45, 7) is 1.57. The summed E-state index contributed by atoms with van der Waals surface area (Å²) in [4.78, 5) is 39.0. The Bertz CT molecular complexity index is 1110. The number of aromatic hydroxyl groups is 1. The van der Waals surface area contributed by atoms with Crippen molar-refractivity contribution in [2.75, 3.05) is 6.79 Å². The molecule has 2 aliphatic heterocycles. The minimum absolute atomic E-state index is 0.0599. The predicted molar refractivity (Wildman–Crippen MR) is 105 cm³/mol. The molecular formula is C20H17N3O8. The van der Waals surface area contributed by atoms with Gasteiger partial charge in [-0.15, -0.1) is 0 Å². The summed E-state index contributed by atoms with van der Waals surface area (Å²) in [5.74, 6) is -1.05. The van der Waals surface area contributed by atoms with Gasteiger partial charge in [0.25, 0.3) is 0 Å². The van der Waals surface area contributed by atoms with Gasteiger partial charge in [0.15, 0.2) is 17.2 Å². The van der Waals surface area contributed by atoms with Crippen LogP contribution in [-0.2, 0) is 16.1 Å². The third kappa shape index (κ3) is 3.97. The molecular weight excluding hydrogens is 410 g/mol. The normalized spacial score (nSPS) is 19.4. The second kappa shape index (κ2) is 7.94. The lowest BCUT2D eigenvalue weighted by Crippen LogP contribution is -2.44. The Hall–Kier alpha value is -4.15. The number of aliphatic imine (C=N–C) groups is 1. The molecule has 0 radical (unpaired) electrons. The third-order valence-corrected chi connectivity index (χ3v) is 4.97. The first kappa shape index (κ1) is 20.1. The fourth-order valence-corrected chi connectivity index (χ4v) is 3.46. The number of nitro benzene ring substituents is 1. The number of esters is 1. The highest BCUT2D eigenvalue weighted by atomic mass is 16.7. The van der Waals surface area contributed by atoms with Crippen molar-refractivity contribution in [1.82, 2.24) is 5.32 Å². The zero-order valence-corrected chi connectivity index (χ0v) is 16.2. The maximum atomic E-state index is 12.9. The SMILES string of the molecule is CC1=NC(=O)NC(c2ccc(O)c([N+](=O)[O-])c2)C1C(=O)OCc1ccc2c(c1)OCO2. The molecule has 0 aromatic heterocycles. The van der Waals surface area contributed by atoms with Crippen LogP contribution in [0, 0.1) is 16.0 Å². The quantitative estimate of drug-likeness (QED) is 0.420. The highest BCUT2D eigenvalue weighted by molar-refractivity contribution is 6.08. The third-order valence-electron chi connectivity index (χ3n) is 4.97. The van der Waals surface area contributed by atoms with Gasteiger partial charge in [-0.3, -0.25) is 14.9 Å². The van der Waals surface area contributed by atoms with Gasteiger partial charge in [-0.05, 0) is 36.2 Å². The van der Waals surface area contributed by atoms with E-state index in [4.69, 9.17) is 14.2 Å². The van der Waals surface area contributed by atoms with E-state index in [2.05, 4.69) is 10.3 Å². The van der Waals surface area contributed by atoms with Crippen LogP contribution < -0.4 is 14.8 Å². The molecule has 0 bridgehead atoms. The van der Waals surface area contributed by atoms with E-state index in [1.807, 2.05) is 0 Å². The molecule has 160 valence electrons. The number of hydrogen-bond donors (Lipinski definition) is 2. The number of benzene rings is 2. The molecule has 0 fully saturated rings. The molecule has 2 heterocycles. The summed E-state index contributed by atoms with van der Waals surface area (Å²) in [5, 5.41) is 23.4. The first-order valence-electron chi connectivity index (χ1n) is 9.21. The van der Waals surface area contributed by atoms with Crippen molar-refractivity contribution in [3.8, 4) is 17.2 Å². The fourth-order valence-electron chi connectivity index (χ4n) is 3.46. The van der Waals surface area contributed by atoms with Crippen LogP contribution in [0.1, 0.15) is 24.1 Å². The molecule has 2 atom stereocenters. The van der Waals surface area contributed by atoms with E-state index < -0.39 is 40.3 Å². The molecule has 2 aromatic rings. The van der Waals surface area contributed by atoms with Crippen LogP contribution >= 0.6 is 0 Å². The number of nitrogens with zero attached hydrogens (tertiary/aromatic N) is 2. The number of ether oxygens (including phenoxy) is 3. The van der Waals surface area contributed by atoms with Gasteiger partial charge in [0, 0.05) is 11.8 Å². The first-order valence-corrected chi connectivity index (χ1v) is 9.21. The summed E-state index contributed by atoms with van der Waals surface area (Å²) in [7, 11) is 0. The molecule has 2 aliphatic rings. The number of hydrogen-bond acceptors (Lipinski definition) is 8. The Morgan fingerprint density at radius 2 is 2.06 bits per heavy atom. The number of carbonyl (C=O) groups excluding carboxylic acids is 2. The molecule has 11 nitrogen and oxygen atoms in total. The molecule has 0 spiro atoms. The Morgan fingerprint density at radius 1 is 1.29 bits per heavy atom. The molecule has 2 unspecified atom stereocenters. The number of rotatable bonds is 5. The predicted octanol–water partition coefficient (Wildman–Crippen LogP) is 2.61. The molecule has 0 aliphatic carbocycles. The second-order valence-electron chi connectivity index (χ2n) is 6.96. The largest absolute Gasteiger partial charge is 0.502 e. The van der Waals surface area contributed by atoms with Crippen molar-refractivity contribution in [2.45, 2.75) is 19.6 Å². The van der Waals surface area contributed by atoms with Crippen LogP contribution in [0.15, 0.2) is 41.4 Å². The number of amides is 2. The number of phenols is 1. The van der Waals surface area contributed by atoms with E-state index in [9.17, 15) is 24.8 Å². The maximum Gasteiger partial charge on any atom is 0.341 e. The zero-order chi connectivity index (χ0) is 22.1. The topological polar surface area (TPSA) is 150 Å². The van der Waals surface area contributed by atoms with Crippen LogP contribution in [0.3, 0.4) is 0 Å². The fraction of sp³-hybridized carbons (Fsp3) is 0.250. The standard InChI is InChI=1S/C20H17N3O8/c1-10-17(19(25)29-8-11-2-5-15-16(6-11)31-9-30-15)18(22-20(26)21-10)12-3-4-14(24)13(7-12)23(27)28/h2-7,17-18,24H,8-9H2,1H3,(H,22,26). The van der Waals surface area contributed by atoms with Crippen LogP contribution in [0.4, 0.5) is 10.5 Å². The number of nitro groups is 1. The van der Waals surface area contributed by atoms with Gasteiger partial charge < -0.3 is 24.6 Å². The summed E-state index contributed by atoms with van der Waals surface area (Å²) >= 11 is 0. The van der Waals surface area contributed by atoms with E-state index in [1.54, 1.807) is 18.2 Å². The van der Waals surface area contributed by atoms with Gasteiger partial charge in [-0.25, -0.2) is 9.79 Å². The molecule has 0 saturated carbocycles. The van der Waals surface area contributed by atoms with Gasteiger partial charge >= 0.3 is 17.7 Å². The maximum absolute atomic E-state index is 12.9. The van der Waals surface area contributed by atoms with Gasteiger partial charge in [-0.2, -0.15) is 0 Å². The summed E-state index contributed by atoms with van der Waals surface area (Å²) in [5.41, 5.74) is 0.598. The van der Waals surface area contributed by atoms with Crippen molar-refractivity contribution < 1.29 is 33.8 Å². The van der Waals surface area contributed by atoms with Crippen molar-refractivity contribution in [1.29, 1.82) is 0 Å². The lowest BCUT2D eigenvalue weighted by Gasteiger charge is -2.29. The number of carbonyl (C=O) groups is 2. The minimum atomic E-state index is -1.00. The Kier molecular flexibility index (Phi) is 5.15. The Labute approximate surface area is 175 Å². The van der Waals surface area contributed by atoms with Crippen LogP contribution in [0.2, 0.25) is 0 Å². The number of urea groups is 1. The average molecular weight is 427 g/mol. The summed E-state index contributed by atoms with van der Waals surface area (Å²) < 4.78 is 16.0. The van der Waals surface area contributed by atoms with Crippen molar-refractivity contribution in [3.05, 3.63) is 57.6 Å². The zero-order valence-electron chi connectivity index (χ0n) is 16.2. The Morgan fingerprint density at radius 3 is 2.84 bits per heavy atom. The minimum Gasteiger partial charge on any atom is -0.502 e. The molecule has 31 heavy (non-hydrogen) atoms. The van der Waals surface area contributed by atoms with Crippen molar-refractivity contribution in [2.24, 2.45) is 10.9 Å².